The number of rotatable bonds is 3. The van der Waals surface area contributed by atoms with Crippen LogP contribution in [0.4, 0.5) is 0 Å². The number of hydrogen-bond acceptors (Lipinski definition) is 3. The van der Waals surface area contributed by atoms with Crippen molar-refractivity contribution in [3.05, 3.63) is 32.9 Å². The fourth-order valence-electron chi connectivity index (χ4n) is 1.70. The molecule has 1 N–H and O–H groups in total. The molecule has 88 valence electrons. The lowest BCUT2D eigenvalue weighted by molar-refractivity contribution is -0.137. The van der Waals surface area contributed by atoms with E-state index in [1.807, 2.05) is 22.6 Å². The number of imide groups is 1. The maximum atomic E-state index is 11.9. The van der Waals surface area contributed by atoms with Crippen LogP contribution in [0, 0.1) is 3.57 Å². The Balaban J connectivity index is 2.33. The zero-order valence-electron chi connectivity index (χ0n) is 8.64. The Bertz CT molecular complexity index is 526. The zero-order chi connectivity index (χ0) is 12.6. The second kappa shape index (κ2) is 4.44. The van der Waals surface area contributed by atoms with Gasteiger partial charge in [-0.2, -0.15) is 0 Å². The first-order chi connectivity index (χ1) is 8.02. The summed E-state index contributed by atoms with van der Waals surface area (Å²) in [6.45, 7) is -0.0856. The molecule has 6 heteroatoms. The van der Waals surface area contributed by atoms with Crippen LogP contribution in [0.3, 0.4) is 0 Å². The molecule has 1 aromatic rings. The summed E-state index contributed by atoms with van der Waals surface area (Å²) >= 11 is 1.99. The Morgan fingerprint density at radius 2 is 2.00 bits per heavy atom. The zero-order valence-corrected chi connectivity index (χ0v) is 10.8. The van der Waals surface area contributed by atoms with Gasteiger partial charge in [-0.05, 0) is 34.7 Å². The summed E-state index contributed by atoms with van der Waals surface area (Å²) < 4.78 is 0.705. The van der Waals surface area contributed by atoms with E-state index >= 15 is 0 Å². The van der Waals surface area contributed by atoms with E-state index in [1.54, 1.807) is 18.2 Å². The van der Waals surface area contributed by atoms with E-state index in [9.17, 15) is 14.4 Å². The van der Waals surface area contributed by atoms with Gasteiger partial charge in [0.15, 0.2) is 0 Å². The van der Waals surface area contributed by atoms with Crippen LogP contribution in [0.5, 0.6) is 0 Å². The molecule has 2 rings (SSSR count). The summed E-state index contributed by atoms with van der Waals surface area (Å²) in [5.74, 6) is -1.85. The molecule has 5 nitrogen and oxygen atoms in total. The van der Waals surface area contributed by atoms with Crippen LogP contribution in [-0.2, 0) is 4.79 Å². The molecular weight excluding hydrogens is 337 g/mol. The monoisotopic (exact) mass is 345 g/mol. The van der Waals surface area contributed by atoms with Crippen molar-refractivity contribution in [2.75, 3.05) is 6.54 Å². The summed E-state index contributed by atoms with van der Waals surface area (Å²) in [5, 5.41) is 8.57. The highest BCUT2D eigenvalue weighted by Crippen LogP contribution is 2.26. The average molecular weight is 345 g/mol. The molecule has 0 radical (unpaired) electrons. The fraction of sp³-hybridized carbons (Fsp3) is 0.182. The van der Waals surface area contributed by atoms with Crippen molar-refractivity contribution < 1.29 is 19.5 Å². The van der Waals surface area contributed by atoms with E-state index in [1.165, 1.54) is 0 Å². The first-order valence-corrected chi connectivity index (χ1v) is 5.96. The number of aliphatic carboxylic acids is 1. The third-order valence-corrected chi connectivity index (χ3v) is 3.40. The van der Waals surface area contributed by atoms with Crippen LogP contribution in [0.15, 0.2) is 18.2 Å². The number of carboxylic acids is 1. The molecule has 0 atom stereocenters. The Kier molecular flexibility index (Phi) is 3.14. The van der Waals surface area contributed by atoms with Crippen LogP contribution in [-0.4, -0.2) is 34.3 Å². The van der Waals surface area contributed by atoms with Gasteiger partial charge in [0.25, 0.3) is 11.8 Å². The maximum Gasteiger partial charge on any atom is 0.305 e. The van der Waals surface area contributed by atoms with Gasteiger partial charge in [-0.3, -0.25) is 19.3 Å². The lowest BCUT2D eigenvalue weighted by atomic mass is 10.1. The molecule has 1 aliphatic rings. The van der Waals surface area contributed by atoms with E-state index in [0.29, 0.717) is 14.7 Å². The molecule has 0 spiro atoms. The number of hydrogen-bond donors (Lipinski definition) is 1. The van der Waals surface area contributed by atoms with E-state index in [2.05, 4.69) is 0 Å². The van der Waals surface area contributed by atoms with Crippen molar-refractivity contribution in [3.8, 4) is 0 Å². The standard InChI is InChI=1S/C11H8INO4/c12-7-3-1-2-6-9(7)11(17)13(10(6)16)5-4-8(14)15/h1-3H,4-5H2,(H,14,15). The normalized spacial score (nSPS) is 14.1. The van der Waals surface area contributed by atoms with E-state index in [4.69, 9.17) is 5.11 Å². The topological polar surface area (TPSA) is 74.7 Å². The number of benzene rings is 1. The third kappa shape index (κ3) is 2.04. The lowest BCUT2D eigenvalue weighted by Crippen LogP contribution is -2.31. The highest BCUT2D eigenvalue weighted by molar-refractivity contribution is 14.1. The van der Waals surface area contributed by atoms with Gasteiger partial charge in [0.1, 0.15) is 0 Å². The van der Waals surface area contributed by atoms with Crippen molar-refractivity contribution in [3.63, 3.8) is 0 Å². The van der Waals surface area contributed by atoms with Crippen LogP contribution in [0.25, 0.3) is 0 Å². The molecule has 1 aliphatic heterocycles. The van der Waals surface area contributed by atoms with E-state index < -0.39 is 17.8 Å². The molecule has 0 bridgehead atoms. The van der Waals surface area contributed by atoms with Crippen LogP contribution < -0.4 is 0 Å². The van der Waals surface area contributed by atoms with Crippen molar-refractivity contribution in [2.45, 2.75) is 6.42 Å². The van der Waals surface area contributed by atoms with Crippen LogP contribution in [0.2, 0.25) is 0 Å². The molecule has 17 heavy (non-hydrogen) atoms. The largest absolute Gasteiger partial charge is 0.481 e. The molecule has 0 aromatic heterocycles. The second-order valence-electron chi connectivity index (χ2n) is 3.57. The highest BCUT2D eigenvalue weighted by Gasteiger charge is 2.36. The summed E-state index contributed by atoms with van der Waals surface area (Å²) in [6.07, 6.45) is -0.234. The number of halogens is 1. The Labute approximate surface area is 111 Å². The van der Waals surface area contributed by atoms with Gasteiger partial charge in [0.05, 0.1) is 17.5 Å². The highest BCUT2D eigenvalue weighted by atomic mass is 127. The first kappa shape index (κ1) is 12.0. The lowest BCUT2D eigenvalue weighted by Gasteiger charge is -2.11. The molecule has 0 saturated carbocycles. The number of amides is 2. The van der Waals surface area contributed by atoms with Crippen molar-refractivity contribution in [2.24, 2.45) is 0 Å². The summed E-state index contributed by atoms with van der Waals surface area (Å²) in [5.41, 5.74) is 0.732. The van der Waals surface area contributed by atoms with Gasteiger partial charge >= 0.3 is 5.97 Å². The Morgan fingerprint density at radius 1 is 1.29 bits per heavy atom. The number of carbonyl (C=O) groups excluding carboxylic acids is 2. The molecule has 0 fully saturated rings. The van der Waals surface area contributed by atoms with Crippen LogP contribution in [0.1, 0.15) is 27.1 Å². The number of carbonyl (C=O) groups is 3. The molecule has 1 aromatic carbocycles. The molecule has 0 aliphatic carbocycles. The maximum absolute atomic E-state index is 11.9. The third-order valence-electron chi connectivity index (χ3n) is 2.50. The molecule has 1 heterocycles. The Morgan fingerprint density at radius 3 is 2.59 bits per heavy atom. The smallest absolute Gasteiger partial charge is 0.305 e. The van der Waals surface area contributed by atoms with Crippen molar-refractivity contribution in [1.82, 2.24) is 4.90 Å². The van der Waals surface area contributed by atoms with Gasteiger partial charge in [0.2, 0.25) is 0 Å². The van der Waals surface area contributed by atoms with Gasteiger partial charge in [-0.25, -0.2) is 0 Å². The van der Waals surface area contributed by atoms with Crippen molar-refractivity contribution in [1.29, 1.82) is 0 Å². The number of nitrogens with zero attached hydrogens (tertiary/aromatic N) is 1. The van der Waals surface area contributed by atoms with Gasteiger partial charge in [-0.15, -0.1) is 0 Å². The second-order valence-corrected chi connectivity index (χ2v) is 4.73. The predicted octanol–water partition coefficient (Wildman–Crippen LogP) is 1.36. The van der Waals surface area contributed by atoms with Gasteiger partial charge in [-0.1, -0.05) is 6.07 Å². The number of carboxylic acid groups (broad SMARTS) is 1. The summed E-state index contributed by atoms with van der Waals surface area (Å²) in [6, 6.07) is 5.02. The van der Waals surface area contributed by atoms with Crippen LogP contribution >= 0.6 is 22.6 Å². The average Bonchev–Trinajstić information content (AvgIpc) is 2.50. The predicted molar refractivity (Wildman–Crippen MR) is 66.8 cm³/mol. The Hall–Kier alpha value is -1.44. The molecular formula is C11H8INO4. The summed E-state index contributed by atoms with van der Waals surface area (Å²) in [7, 11) is 0. The quantitative estimate of drug-likeness (QED) is 0.663. The summed E-state index contributed by atoms with van der Waals surface area (Å²) in [4.78, 5) is 35.3. The number of fused-ring (bicyclic) bond motifs is 1. The minimum atomic E-state index is -1.03. The SMILES string of the molecule is O=C(O)CCN1C(=O)c2cccc(I)c2C1=O. The minimum absolute atomic E-state index is 0.0856. The van der Waals surface area contributed by atoms with Gasteiger partial charge < -0.3 is 5.11 Å². The minimum Gasteiger partial charge on any atom is -0.481 e. The van der Waals surface area contributed by atoms with E-state index in [-0.39, 0.29) is 13.0 Å². The van der Waals surface area contributed by atoms with E-state index in [0.717, 1.165) is 4.90 Å². The van der Waals surface area contributed by atoms with Gasteiger partial charge in [0, 0.05) is 10.1 Å². The molecule has 0 unspecified atom stereocenters. The molecule has 2 amide bonds. The van der Waals surface area contributed by atoms with Crippen molar-refractivity contribution >= 4 is 40.4 Å². The molecule has 0 saturated heterocycles. The fourth-order valence-corrected chi connectivity index (χ4v) is 2.43. The first-order valence-electron chi connectivity index (χ1n) is 4.89.